The number of hydrogen-bond donors (Lipinski definition) is 1. The van der Waals surface area contributed by atoms with Crippen molar-refractivity contribution in [2.75, 3.05) is 13.2 Å². The predicted octanol–water partition coefficient (Wildman–Crippen LogP) is 6.33. The van der Waals surface area contributed by atoms with Crippen molar-refractivity contribution in [3.63, 3.8) is 0 Å². The van der Waals surface area contributed by atoms with E-state index in [1.165, 1.54) is 6.07 Å². The molecule has 0 bridgehead atoms. The van der Waals surface area contributed by atoms with Crippen molar-refractivity contribution in [2.24, 2.45) is 5.92 Å². The van der Waals surface area contributed by atoms with Gasteiger partial charge in [0.15, 0.2) is 17.5 Å². The smallest absolute Gasteiger partial charge is 0.308 e. The van der Waals surface area contributed by atoms with Crippen LogP contribution < -0.4 is 4.74 Å². The van der Waals surface area contributed by atoms with Crippen LogP contribution in [0.3, 0.4) is 0 Å². The summed E-state index contributed by atoms with van der Waals surface area (Å²) in [5.74, 6) is 1.48. The van der Waals surface area contributed by atoms with E-state index in [0.717, 1.165) is 30.4 Å². The summed E-state index contributed by atoms with van der Waals surface area (Å²) in [6, 6.07) is 24.2. The quantitative estimate of drug-likeness (QED) is 0.191. The molecule has 0 radical (unpaired) electrons. The second-order valence-corrected chi connectivity index (χ2v) is 8.78. The summed E-state index contributed by atoms with van der Waals surface area (Å²) in [7, 11) is 0. The van der Waals surface area contributed by atoms with Crippen LogP contribution in [0, 0.1) is 5.92 Å². The maximum Gasteiger partial charge on any atom is 0.308 e. The fraction of sp³-hybridized carbons (Fsp3) is 0.267. The third-order valence-corrected chi connectivity index (χ3v) is 5.90. The first-order chi connectivity index (χ1) is 18.0. The molecule has 4 aromatic rings. The number of rotatable bonds is 11. The molecule has 0 aliphatic heterocycles. The Labute approximate surface area is 217 Å². The predicted molar refractivity (Wildman–Crippen MR) is 143 cm³/mol. The molecule has 1 N–H and O–H groups in total. The average molecular weight is 498 g/mol. The Balaban J connectivity index is 1.50. The molecular formula is C30H31N3O4. The van der Waals surface area contributed by atoms with Crippen LogP contribution >= 0.6 is 0 Å². The molecule has 0 fully saturated rings. The van der Waals surface area contributed by atoms with E-state index < -0.39 is 0 Å². The minimum Gasteiger partial charge on any atom is -0.507 e. The van der Waals surface area contributed by atoms with Gasteiger partial charge < -0.3 is 14.6 Å². The summed E-state index contributed by atoms with van der Waals surface area (Å²) in [4.78, 5) is 26.0. The summed E-state index contributed by atoms with van der Waals surface area (Å²) < 4.78 is 11.0. The normalized spacial score (nSPS) is 11.6. The van der Waals surface area contributed by atoms with Gasteiger partial charge >= 0.3 is 5.97 Å². The highest BCUT2D eigenvalue weighted by Crippen LogP contribution is 2.32. The summed E-state index contributed by atoms with van der Waals surface area (Å²) >= 11 is 0. The van der Waals surface area contributed by atoms with Gasteiger partial charge in [0.2, 0.25) is 0 Å². The molecule has 7 heteroatoms. The Morgan fingerprint density at radius 2 is 1.43 bits per heavy atom. The van der Waals surface area contributed by atoms with E-state index in [2.05, 4.69) is 21.9 Å². The molecule has 0 amide bonds. The first kappa shape index (κ1) is 25.8. The summed E-state index contributed by atoms with van der Waals surface area (Å²) in [6.45, 7) is 4.31. The third-order valence-electron chi connectivity index (χ3n) is 5.90. The van der Waals surface area contributed by atoms with Gasteiger partial charge in [0, 0.05) is 17.2 Å². The Kier molecular flexibility index (Phi) is 8.81. The molecule has 1 aromatic heterocycles. The Bertz CT molecular complexity index is 1260. The molecule has 1 unspecified atom stereocenters. The van der Waals surface area contributed by atoms with Crippen LogP contribution in [0.15, 0.2) is 78.9 Å². The van der Waals surface area contributed by atoms with Gasteiger partial charge in [-0.05, 0) is 18.6 Å². The molecule has 190 valence electrons. The summed E-state index contributed by atoms with van der Waals surface area (Å²) in [5.41, 5.74) is 2.16. The second kappa shape index (κ2) is 12.6. The number of unbranched alkanes of at least 4 members (excludes halogenated alkanes) is 1. The van der Waals surface area contributed by atoms with E-state index >= 15 is 0 Å². The first-order valence-corrected chi connectivity index (χ1v) is 12.5. The van der Waals surface area contributed by atoms with Crippen molar-refractivity contribution < 1.29 is 19.4 Å². The Hall–Kier alpha value is -4.26. The molecule has 37 heavy (non-hydrogen) atoms. The van der Waals surface area contributed by atoms with Crippen molar-refractivity contribution in [1.29, 1.82) is 0 Å². The molecule has 1 heterocycles. The van der Waals surface area contributed by atoms with Crippen LogP contribution in [0.1, 0.15) is 33.1 Å². The van der Waals surface area contributed by atoms with Crippen molar-refractivity contribution in [1.82, 2.24) is 15.0 Å². The molecule has 0 aliphatic rings. The Morgan fingerprint density at radius 1 is 0.838 bits per heavy atom. The zero-order valence-electron chi connectivity index (χ0n) is 21.1. The molecule has 0 saturated carbocycles. The van der Waals surface area contributed by atoms with E-state index in [0.29, 0.717) is 28.8 Å². The minimum atomic E-state index is -0.214. The third kappa shape index (κ3) is 6.91. The number of carbonyl (C=O) groups is 1. The van der Waals surface area contributed by atoms with Crippen molar-refractivity contribution in [3.8, 4) is 45.7 Å². The zero-order chi connectivity index (χ0) is 26.0. The van der Waals surface area contributed by atoms with Gasteiger partial charge in [-0.25, -0.2) is 15.0 Å². The number of aromatic nitrogens is 3. The van der Waals surface area contributed by atoms with E-state index in [4.69, 9.17) is 9.47 Å². The SMILES string of the molecule is CCCCC(C)C(=O)OCCOc1ccc(-c2nc(-c3ccccc3)nc(-c3ccccc3)n2)c(O)c1. The highest BCUT2D eigenvalue weighted by Gasteiger charge is 2.16. The number of aromatic hydroxyl groups is 1. The topological polar surface area (TPSA) is 94.4 Å². The van der Waals surface area contributed by atoms with Gasteiger partial charge in [-0.1, -0.05) is 87.4 Å². The number of esters is 1. The molecule has 0 aliphatic carbocycles. The average Bonchev–Trinajstić information content (AvgIpc) is 2.94. The van der Waals surface area contributed by atoms with Crippen LogP contribution in [0.4, 0.5) is 0 Å². The van der Waals surface area contributed by atoms with Crippen molar-refractivity contribution in [3.05, 3.63) is 78.9 Å². The number of benzene rings is 3. The largest absolute Gasteiger partial charge is 0.507 e. The highest BCUT2D eigenvalue weighted by atomic mass is 16.6. The fourth-order valence-corrected chi connectivity index (χ4v) is 3.79. The van der Waals surface area contributed by atoms with E-state index in [1.807, 2.05) is 67.6 Å². The second-order valence-electron chi connectivity index (χ2n) is 8.78. The lowest BCUT2D eigenvalue weighted by Crippen LogP contribution is -2.18. The standard InChI is InChI=1S/C30H31N3O4/c1-3-4-11-21(2)30(35)37-19-18-36-24-16-17-25(26(34)20-24)29-32-27(22-12-7-5-8-13-22)31-28(33-29)23-14-9-6-10-15-23/h5-10,12-17,20-21,34H,3-4,11,18-19H2,1-2H3. The molecular weight excluding hydrogens is 466 g/mol. The first-order valence-electron chi connectivity index (χ1n) is 12.5. The highest BCUT2D eigenvalue weighted by molar-refractivity contribution is 5.72. The molecule has 0 spiro atoms. The lowest BCUT2D eigenvalue weighted by Gasteiger charge is -2.12. The molecule has 4 rings (SSSR count). The van der Waals surface area contributed by atoms with Crippen LogP contribution in [0.2, 0.25) is 0 Å². The van der Waals surface area contributed by atoms with Gasteiger partial charge in [-0.15, -0.1) is 0 Å². The van der Waals surface area contributed by atoms with Crippen molar-refractivity contribution >= 4 is 5.97 Å². The maximum absolute atomic E-state index is 12.0. The Morgan fingerprint density at radius 3 is 2.00 bits per heavy atom. The van der Waals surface area contributed by atoms with E-state index in [1.54, 1.807) is 12.1 Å². The van der Waals surface area contributed by atoms with Gasteiger partial charge in [0.1, 0.15) is 24.7 Å². The zero-order valence-corrected chi connectivity index (χ0v) is 21.1. The van der Waals surface area contributed by atoms with Gasteiger partial charge in [0.25, 0.3) is 0 Å². The van der Waals surface area contributed by atoms with Crippen LogP contribution in [0.25, 0.3) is 34.2 Å². The summed E-state index contributed by atoms with van der Waals surface area (Å²) in [6.07, 6.45) is 2.87. The number of phenolic OH excluding ortho intramolecular Hbond substituents is 1. The van der Waals surface area contributed by atoms with E-state index in [-0.39, 0.29) is 30.9 Å². The van der Waals surface area contributed by atoms with E-state index in [9.17, 15) is 9.90 Å². The molecule has 1 atom stereocenters. The maximum atomic E-state index is 12.0. The lowest BCUT2D eigenvalue weighted by atomic mass is 10.1. The number of ether oxygens (including phenoxy) is 2. The molecule has 0 saturated heterocycles. The van der Waals surface area contributed by atoms with Gasteiger partial charge in [-0.2, -0.15) is 0 Å². The monoisotopic (exact) mass is 497 g/mol. The van der Waals surface area contributed by atoms with Crippen LogP contribution in [-0.4, -0.2) is 39.2 Å². The van der Waals surface area contributed by atoms with Gasteiger partial charge in [-0.3, -0.25) is 4.79 Å². The molecule has 3 aromatic carbocycles. The lowest BCUT2D eigenvalue weighted by molar-refractivity contribution is -0.148. The van der Waals surface area contributed by atoms with Gasteiger partial charge in [0.05, 0.1) is 11.5 Å². The van der Waals surface area contributed by atoms with Crippen LogP contribution in [-0.2, 0) is 9.53 Å². The van der Waals surface area contributed by atoms with Crippen molar-refractivity contribution in [2.45, 2.75) is 33.1 Å². The number of phenols is 1. The number of carbonyl (C=O) groups excluding carboxylic acids is 1. The fourth-order valence-electron chi connectivity index (χ4n) is 3.79. The summed E-state index contributed by atoms with van der Waals surface area (Å²) in [5, 5.41) is 10.8. The number of nitrogens with zero attached hydrogens (tertiary/aromatic N) is 3. The minimum absolute atomic E-state index is 0.0214. The number of hydrogen-bond acceptors (Lipinski definition) is 7. The van der Waals surface area contributed by atoms with Crippen LogP contribution in [0.5, 0.6) is 11.5 Å². The molecule has 7 nitrogen and oxygen atoms in total.